The third-order valence-electron chi connectivity index (χ3n) is 3.84. The molecule has 2 rings (SSSR count). The molecule has 1 aliphatic rings. The Kier molecular flexibility index (Phi) is 4.37. The molecular formula is C14H20FN3S. The van der Waals surface area contributed by atoms with Gasteiger partial charge in [-0.25, -0.2) is 4.39 Å². The van der Waals surface area contributed by atoms with Crippen molar-refractivity contribution in [3.05, 3.63) is 29.6 Å². The molecule has 0 amide bonds. The van der Waals surface area contributed by atoms with Gasteiger partial charge in [-0.05, 0) is 51.2 Å². The summed E-state index contributed by atoms with van der Waals surface area (Å²) in [6.07, 6.45) is 2.20. The summed E-state index contributed by atoms with van der Waals surface area (Å²) in [6, 6.07) is 5.10. The Labute approximate surface area is 119 Å². The number of hydrogen-bond acceptors (Lipinski definition) is 3. The Bertz CT molecular complexity index is 470. The maximum absolute atomic E-state index is 13.3. The van der Waals surface area contributed by atoms with Crippen LogP contribution in [0.3, 0.4) is 0 Å². The molecule has 104 valence electrons. The van der Waals surface area contributed by atoms with E-state index in [1.165, 1.54) is 12.1 Å². The maximum Gasteiger partial charge on any atom is 0.124 e. The molecule has 0 unspecified atom stereocenters. The third kappa shape index (κ3) is 3.22. The van der Waals surface area contributed by atoms with Crippen LogP contribution < -0.4 is 10.6 Å². The van der Waals surface area contributed by atoms with E-state index in [1.807, 2.05) is 7.05 Å². The van der Waals surface area contributed by atoms with Crippen molar-refractivity contribution in [1.29, 1.82) is 0 Å². The van der Waals surface area contributed by atoms with Gasteiger partial charge in [0.1, 0.15) is 10.8 Å². The van der Waals surface area contributed by atoms with E-state index in [-0.39, 0.29) is 10.8 Å². The number of anilines is 1. The largest absolute Gasteiger partial charge is 0.389 e. The number of halogens is 1. The molecule has 5 heteroatoms. The molecule has 1 aromatic carbocycles. The van der Waals surface area contributed by atoms with E-state index < -0.39 is 0 Å². The number of likely N-dealkylation sites (tertiary alicyclic amines) is 1. The minimum absolute atomic E-state index is 0.245. The van der Waals surface area contributed by atoms with Crippen LogP contribution in [0.2, 0.25) is 0 Å². The maximum atomic E-state index is 13.3. The highest BCUT2D eigenvalue weighted by Gasteiger charge is 2.22. The van der Waals surface area contributed by atoms with Gasteiger partial charge in [-0.15, -0.1) is 0 Å². The summed E-state index contributed by atoms with van der Waals surface area (Å²) < 4.78 is 13.3. The molecule has 2 N–H and O–H groups in total. The second-order valence-electron chi connectivity index (χ2n) is 5.17. The van der Waals surface area contributed by atoms with Crippen LogP contribution in [0.5, 0.6) is 0 Å². The highest BCUT2D eigenvalue weighted by Crippen LogP contribution is 2.26. The fourth-order valence-corrected chi connectivity index (χ4v) is 2.76. The fourth-order valence-electron chi connectivity index (χ4n) is 2.59. The van der Waals surface area contributed by atoms with Crippen molar-refractivity contribution in [1.82, 2.24) is 4.90 Å². The van der Waals surface area contributed by atoms with E-state index in [4.69, 9.17) is 18.0 Å². The molecule has 1 aliphatic heterocycles. The Morgan fingerprint density at radius 2 is 2.05 bits per heavy atom. The van der Waals surface area contributed by atoms with E-state index in [9.17, 15) is 4.39 Å². The van der Waals surface area contributed by atoms with Crippen molar-refractivity contribution in [2.45, 2.75) is 18.9 Å². The summed E-state index contributed by atoms with van der Waals surface area (Å²) in [7, 11) is 4.17. The van der Waals surface area contributed by atoms with Crippen molar-refractivity contribution in [2.75, 3.05) is 32.1 Å². The van der Waals surface area contributed by atoms with Crippen molar-refractivity contribution in [3.8, 4) is 0 Å². The van der Waals surface area contributed by atoms with Gasteiger partial charge in [0.2, 0.25) is 0 Å². The molecule has 0 saturated carbocycles. The fraction of sp³-hybridized carbons (Fsp3) is 0.500. The first-order valence-electron chi connectivity index (χ1n) is 6.50. The number of nitrogens with two attached hydrogens (primary N) is 1. The molecule has 1 saturated heterocycles. The molecule has 19 heavy (non-hydrogen) atoms. The highest BCUT2D eigenvalue weighted by molar-refractivity contribution is 7.80. The van der Waals surface area contributed by atoms with Gasteiger partial charge in [0.05, 0.1) is 0 Å². The van der Waals surface area contributed by atoms with Gasteiger partial charge in [0.25, 0.3) is 0 Å². The van der Waals surface area contributed by atoms with Crippen molar-refractivity contribution in [3.63, 3.8) is 0 Å². The van der Waals surface area contributed by atoms with Gasteiger partial charge in [-0.3, -0.25) is 0 Å². The van der Waals surface area contributed by atoms with Crippen LogP contribution in [0.15, 0.2) is 18.2 Å². The second kappa shape index (κ2) is 5.84. The molecule has 0 spiro atoms. The first-order chi connectivity index (χ1) is 8.99. The van der Waals surface area contributed by atoms with Crippen LogP contribution in [0.25, 0.3) is 0 Å². The number of hydrogen-bond donors (Lipinski definition) is 1. The summed E-state index contributed by atoms with van der Waals surface area (Å²) >= 11 is 5.02. The van der Waals surface area contributed by atoms with Crippen LogP contribution in [-0.2, 0) is 0 Å². The standard InChI is InChI=1S/C14H20FN3S/c1-17-7-5-11(6-8-17)18(2)13-4-3-10(15)9-12(13)14(16)19/h3-4,9,11H,5-8H2,1-2H3,(H2,16,19). The monoisotopic (exact) mass is 281 g/mol. The Hall–Kier alpha value is -1.20. The van der Waals surface area contributed by atoms with Gasteiger partial charge >= 0.3 is 0 Å². The molecular weight excluding hydrogens is 261 g/mol. The predicted octanol–water partition coefficient (Wildman–Crippen LogP) is 1.99. The van der Waals surface area contributed by atoms with Crippen molar-refractivity contribution < 1.29 is 4.39 Å². The average molecular weight is 281 g/mol. The lowest BCUT2D eigenvalue weighted by Gasteiger charge is -2.37. The average Bonchev–Trinajstić information content (AvgIpc) is 2.38. The molecule has 0 atom stereocenters. The third-order valence-corrected chi connectivity index (χ3v) is 4.06. The lowest BCUT2D eigenvalue weighted by Crippen LogP contribution is -2.42. The van der Waals surface area contributed by atoms with Gasteiger partial charge in [0.15, 0.2) is 0 Å². The summed E-state index contributed by atoms with van der Waals surface area (Å²) in [5.41, 5.74) is 7.24. The zero-order chi connectivity index (χ0) is 14.0. The molecule has 3 nitrogen and oxygen atoms in total. The first kappa shape index (κ1) is 14.2. The Morgan fingerprint density at radius 1 is 1.42 bits per heavy atom. The lowest BCUT2D eigenvalue weighted by atomic mass is 10.0. The summed E-state index contributed by atoms with van der Waals surface area (Å²) in [6.45, 7) is 2.16. The number of nitrogens with zero attached hydrogens (tertiary/aromatic N) is 2. The van der Waals surface area contributed by atoms with E-state index in [1.54, 1.807) is 6.07 Å². The van der Waals surface area contributed by atoms with Crippen LogP contribution in [0.1, 0.15) is 18.4 Å². The summed E-state index contributed by atoms with van der Waals surface area (Å²) in [5, 5.41) is 0. The zero-order valence-electron chi connectivity index (χ0n) is 11.4. The SMILES string of the molecule is CN1CCC(N(C)c2ccc(F)cc2C(N)=S)CC1. The molecule has 1 heterocycles. The number of rotatable bonds is 3. The quantitative estimate of drug-likeness (QED) is 0.859. The summed E-state index contributed by atoms with van der Waals surface area (Å²) in [4.78, 5) is 4.75. The normalized spacial score (nSPS) is 17.4. The zero-order valence-corrected chi connectivity index (χ0v) is 12.2. The molecule has 1 aromatic rings. The summed E-state index contributed by atoms with van der Waals surface area (Å²) in [5.74, 6) is -0.302. The number of thiocarbonyl (C=S) groups is 1. The number of benzene rings is 1. The molecule has 0 aliphatic carbocycles. The van der Waals surface area contributed by atoms with Crippen molar-refractivity contribution in [2.24, 2.45) is 5.73 Å². The number of piperidine rings is 1. The van der Waals surface area contributed by atoms with Gasteiger partial charge < -0.3 is 15.5 Å². The van der Waals surface area contributed by atoms with E-state index in [2.05, 4.69) is 16.8 Å². The Morgan fingerprint density at radius 3 is 2.63 bits per heavy atom. The minimum atomic E-state index is -0.302. The first-order valence-corrected chi connectivity index (χ1v) is 6.90. The van der Waals surface area contributed by atoms with Gasteiger partial charge in [-0.1, -0.05) is 12.2 Å². The molecule has 1 fully saturated rings. The topological polar surface area (TPSA) is 32.5 Å². The van der Waals surface area contributed by atoms with Crippen LogP contribution in [-0.4, -0.2) is 43.1 Å². The minimum Gasteiger partial charge on any atom is -0.389 e. The predicted molar refractivity (Wildman–Crippen MR) is 81.2 cm³/mol. The highest BCUT2D eigenvalue weighted by atomic mass is 32.1. The van der Waals surface area contributed by atoms with Crippen LogP contribution in [0, 0.1) is 5.82 Å². The van der Waals surface area contributed by atoms with Crippen LogP contribution in [0.4, 0.5) is 10.1 Å². The Balaban J connectivity index is 2.23. The van der Waals surface area contributed by atoms with E-state index in [0.29, 0.717) is 11.6 Å². The molecule has 0 radical (unpaired) electrons. The van der Waals surface area contributed by atoms with E-state index in [0.717, 1.165) is 31.6 Å². The van der Waals surface area contributed by atoms with Gasteiger partial charge in [-0.2, -0.15) is 0 Å². The smallest absolute Gasteiger partial charge is 0.124 e. The van der Waals surface area contributed by atoms with Gasteiger partial charge in [0, 0.05) is 24.3 Å². The lowest BCUT2D eigenvalue weighted by molar-refractivity contribution is 0.253. The second-order valence-corrected chi connectivity index (χ2v) is 5.61. The molecule has 0 aromatic heterocycles. The van der Waals surface area contributed by atoms with Crippen molar-refractivity contribution >= 4 is 22.9 Å². The van der Waals surface area contributed by atoms with Crippen LogP contribution >= 0.6 is 12.2 Å². The molecule has 0 bridgehead atoms. The van der Waals surface area contributed by atoms with E-state index >= 15 is 0 Å².